The first kappa shape index (κ1) is 26.4. The Morgan fingerprint density at radius 3 is 2.19 bits per heavy atom. The molecule has 0 bridgehead atoms. The predicted molar refractivity (Wildman–Crippen MR) is 164 cm³/mol. The molecule has 4 aromatic rings. The zero-order valence-electron chi connectivity index (χ0n) is 22.9. The molecule has 208 valence electrons. The number of halogens is 1. The molecular weight excluding hydrogens is 594 g/mol. The first-order chi connectivity index (χ1) is 20.4. The molecule has 0 aromatic heterocycles. The summed E-state index contributed by atoms with van der Waals surface area (Å²) in [6.45, 7) is 0. The van der Waals surface area contributed by atoms with Gasteiger partial charge >= 0.3 is 0 Å². The second-order valence-electron chi connectivity index (χ2n) is 10.7. The number of para-hydroxylation sites is 1. The average Bonchev–Trinajstić information content (AvgIpc) is 3.46. The number of Topliss-reactive ketones (excluding diaryl/α,β-unsaturated/α-hetero) is 3. The zero-order chi connectivity index (χ0) is 29.2. The summed E-state index contributed by atoms with van der Waals surface area (Å²) in [4.78, 5) is 46.4. The Labute approximate surface area is 251 Å². The Kier molecular flexibility index (Phi) is 6.17. The summed E-state index contributed by atoms with van der Waals surface area (Å²) < 4.78 is 12.4. The highest BCUT2D eigenvalue weighted by molar-refractivity contribution is 9.10. The molecule has 42 heavy (non-hydrogen) atoms. The molecule has 0 radical (unpaired) electrons. The van der Waals surface area contributed by atoms with Gasteiger partial charge in [-0.1, -0.05) is 94.8 Å². The van der Waals surface area contributed by atoms with E-state index in [2.05, 4.69) is 15.9 Å². The molecule has 7 rings (SSSR count). The van der Waals surface area contributed by atoms with Crippen molar-refractivity contribution in [1.29, 1.82) is 0 Å². The quantitative estimate of drug-likeness (QED) is 0.181. The number of nitrogens with zero attached hydrogens (tertiary/aromatic N) is 1. The van der Waals surface area contributed by atoms with Crippen molar-refractivity contribution in [2.45, 2.75) is 18.0 Å². The van der Waals surface area contributed by atoms with Crippen LogP contribution in [-0.2, 0) is 0 Å². The van der Waals surface area contributed by atoms with Gasteiger partial charge in [-0.2, -0.15) is 0 Å². The third-order valence-corrected chi connectivity index (χ3v) is 9.35. The molecule has 2 heterocycles. The van der Waals surface area contributed by atoms with Crippen LogP contribution in [-0.4, -0.2) is 43.7 Å². The van der Waals surface area contributed by atoms with Crippen molar-refractivity contribution in [3.63, 3.8) is 0 Å². The fourth-order valence-electron chi connectivity index (χ4n) is 7.22. The monoisotopic (exact) mass is 619 g/mol. The van der Waals surface area contributed by atoms with Crippen LogP contribution < -0.4 is 14.4 Å². The first-order valence-electron chi connectivity index (χ1n) is 13.7. The smallest absolute Gasteiger partial charge is 0.185 e. The van der Waals surface area contributed by atoms with E-state index in [1.807, 2.05) is 65.6 Å². The lowest BCUT2D eigenvalue weighted by Crippen LogP contribution is -2.48. The highest BCUT2D eigenvalue weighted by Crippen LogP contribution is 2.62. The topological polar surface area (TPSA) is 72.9 Å². The third-order valence-electron chi connectivity index (χ3n) is 8.86. The fourth-order valence-corrected chi connectivity index (χ4v) is 7.60. The van der Waals surface area contributed by atoms with Crippen molar-refractivity contribution in [2.24, 2.45) is 5.41 Å². The van der Waals surface area contributed by atoms with Crippen molar-refractivity contribution in [1.82, 2.24) is 0 Å². The molecule has 0 N–H and O–H groups in total. The summed E-state index contributed by atoms with van der Waals surface area (Å²) in [5.74, 6) is -0.814. The summed E-state index contributed by atoms with van der Waals surface area (Å²) in [5.41, 5.74) is 1.85. The molecule has 1 aliphatic carbocycles. The van der Waals surface area contributed by atoms with Crippen molar-refractivity contribution >= 4 is 45.0 Å². The molecule has 3 atom stereocenters. The molecule has 1 spiro atoms. The second kappa shape index (κ2) is 9.81. The van der Waals surface area contributed by atoms with E-state index in [9.17, 15) is 14.4 Å². The van der Waals surface area contributed by atoms with Crippen LogP contribution in [0.4, 0.5) is 5.69 Å². The number of anilines is 1. The van der Waals surface area contributed by atoms with Gasteiger partial charge in [0.1, 0.15) is 11.5 Å². The van der Waals surface area contributed by atoms with Gasteiger partial charge in [-0.15, -0.1) is 0 Å². The van der Waals surface area contributed by atoms with Crippen LogP contribution in [0, 0.1) is 5.41 Å². The van der Waals surface area contributed by atoms with Gasteiger partial charge in [-0.3, -0.25) is 14.4 Å². The van der Waals surface area contributed by atoms with Gasteiger partial charge in [0.25, 0.3) is 0 Å². The van der Waals surface area contributed by atoms with Crippen LogP contribution in [0.15, 0.2) is 102 Å². The van der Waals surface area contributed by atoms with Crippen LogP contribution in [0.2, 0.25) is 0 Å². The SMILES string of the molecule is COc1cccc([C@H]2[C@H](C(=O)c3ccccc3)N3c4ccc(Br)cc4C=C[C@H]3C23C(=O)c2ccccc2C3=O)c1OC. The van der Waals surface area contributed by atoms with E-state index in [-0.39, 0.29) is 17.3 Å². The minimum absolute atomic E-state index is 0.187. The summed E-state index contributed by atoms with van der Waals surface area (Å²) >= 11 is 3.57. The molecule has 0 saturated carbocycles. The van der Waals surface area contributed by atoms with Gasteiger partial charge < -0.3 is 14.4 Å². The lowest BCUT2D eigenvalue weighted by molar-refractivity contribution is 0.0664. The second-order valence-corrected chi connectivity index (χ2v) is 11.6. The highest BCUT2D eigenvalue weighted by atomic mass is 79.9. The predicted octanol–water partition coefficient (Wildman–Crippen LogP) is 6.78. The number of ketones is 3. The Morgan fingerprint density at radius 2 is 1.52 bits per heavy atom. The van der Waals surface area contributed by atoms with Crippen molar-refractivity contribution in [2.75, 3.05) is 19.1 Å². The molecule has 0 unspecified atom stereocenters. The number of rotatable bonds is 5. The largest absolute Gasteiger partial charge is 0.493 e. The zero-order valence-corrected chi connectivity index (χ0v) is 24.5. The molecule has 6 nitrogen and oxygen atoms in total. The molecule has 0 amide bonds. The van der Waals surface area contributed by atoms with E-state index >= 15 is 0 Å². The maximum atomic E-state index is 14.8. The Hall–Kier alpha value is -4.49. The van der Waals surface area contributed by atoms with Crippen molar-refractivity contribution in [3.05, 3.63) is 129 Å². The third kappa shape index (κ3) is 3.46. The van der Waals surface area contributed by atoms with Gasteiger partial charge in [0, 0.05) is 38.3 Å². The van der Waals surface area contributed by atoms with Crippen LogP contribution in [0.3, 0.4) is 0 Å². The molecule has 7 heteroatoms. The normalized spacial score (nSPS) is 21.2. The van der Waals surface area contributed by atoms with Gasteiger partial charge in [-0.25, -0.2) is 0 Å². The Morgan fingerprint density at radius 1 is 0.833 bits per heavy atom. The Bertz CT molecular complexity index is 1780. The molecule has 1 saturated heterocycles. The van der Waals surface area contributed by atoms with Gasteiger partial charge in [0.2, 0.25) is 0 Å². The van der Waals surface area contributed by atoms with E-state index < -0.39 is 23.4 Å². The van der Waals surface area contributed by atoms with Crippen LogP contribution in [0.1, 0.15) is 48.1 Å². The minimum atomic E-state index is -1.63. The summed E-state index contributed by atoms with van der Waals surface area (Å²) in [7, 11) is 3.07. The molecular formula is C35H26BrNO5. The summed E-state index contributed by atoms with van der Waals surface area (Å²) in [6, 6.07) is 25.6. The number of methoxy groups -OCH3 is 2. The fraction of sp³-hybridized carbons (Fsp3) is 0.171. The Balaban J connectivity index is 1.59. The van der Waals surface area contributed by atoms with Crippen molar-refractivity contribution in [3.8, 4) is 11.5 Å². The minimum Gasteiger partial charge on any atom is -0.493 e. The van der Waals surface area contributed by atoms with Crippen LogP contribution in [0.5, 0.6) is 11.5 Å². The average molecular weight is 620 g/mol. The van der Waals surface area contributed by atoms with Gasteiger partial charge in [-0.05, 0) is 29.8 Å². The van der Waals surface area contributed by atoms with Crippen LogP contribution in [0.25, 0.3) is 6.08 Å². The number of benzene rings is 4. The lowest BCUT2D eigenvalue weighted by Gasteiger charge is -2.37. The molecule has 1 fully saturated rings. The molecule has 2 aliphatic heterocycles. The van der Waals surface area contributed by atoms with Gasteiger partial charge in [0.05, 0.1) is 20.3 Å². The number of carbonyl (C=O) groups excluding carboxylic acids is 3. The van der Waals surface area contributed by atoms with E-state index in [0.29, 0.717) is 33.8 Å². The number of ether oxygens (including phenoxy) is 2. The molecule has 3 aliphatic rings. The maximum absolute atomic E-state index is 14.8. The lowest BCUT2D eigenvalue weighted by atomic mass is 9.64. The van der Waals surface area contributed by atoms with Crippen LogP contribution >= 0.6 is 15.9 Å². The number of hydrogen-bond donors (Lipinski definition) is 0. The number of carbonyl (C=O) groups is 3. The number of fused-ring (bicyclic) bond motifs is 5. The number of hydrogen-bond acceptors (Lipinski definition) is 6. The summed E-state index contributed by atoms with van der Waals surface area (Å²) in [6.07, 6.45) is 3.86. The molecule has 4 aromatic carbocycles. The summed E-state index contributed by atoms with van der Waals surface area (Å²) in [5, 5.41) is 0. The first-order valence-corrected chi connectivity index (χ1v) is 14.5. The maximum Gasteiger partial charge on any atom is 0.185 e. The van der Waals surface area contributed by atoms with E-state index in [4.69, 9.17) is 9.47 Å². The highest BCUT2D eigenvalue weighted by Gasteiger charge is 2.72. The standard InChI is InChI=1S/C35H26BrNO5/c1-41-27-14-8-13-25(32(27)42-2)29-30(31(38)20-9-4-3-5-10-20)37-26-17-16-22(36)19-21(26)15-18-28(37)35(29)33(39)23-11-6-7-12-24(23)34(35)40/h3-19,28-30H,1-2H3/t28-,29-,30+/m0/s1. The van der Waals surface area contributed by atoms with E-state index in [1.165, 1.54) is 7.11 Å². The van der Waals surface area contributed by atoms with E-state index in [0.717, 1.165) is 15.7 Å². The van der Waals surface area contributed by atoms with E-state index in [1.54, 1.807) is 49.6 Å². The van der Waals surface area contributed by atoms with Crippen molar-refractivity contribution < 1.29 is 23.9 Å². The van der Waals surface area contributed by atoms with Gasteiger partial charge in [0.15, 0.2) is 28.8 Å².